The Hall–Kier alpha value is -0.970. The van der Waals surface area contributed by atoms with Gasteiger partial charge in [-0.3, -0.25) is 0 Å². The molecule has 0 saturated heterocycles. The molecule has 0 aromatic heterocycles. The van der Waals surface area contributed by atoms with Crippen LogP contribution in [0, 0.1) is 5.82 Å². The van der Waals surface area contributed by atoms with Crippen LogP contribution in [0.3, 0.4) is 0 Å². The van der Waals surface area contributed by atoms with Crippen LogP contribution in [0.4, 0.5) is 4.39 Å². The summed E-state index contributed by atoms with van der Waals surface area (Å²) >= 11 is 0. The molecule has 3 nitrogen and oxygen atoms in total. The molecular formula is C11H16FNO2. The van der Waals surface area contributed by atoms with E-state index in [9.17, 15) is 4.39 Å². The Morgan fingerprint density at radius 3 is 2.13 bits per heavy atom. The summed E-state index contributed by atoms with van der Waals surface area (Å²) in [6.45, 7) is -0.518. The second kappa shape index (κ2) is 5.21. The number of aliphatic hydroxyl groups is 2. The molecule has 1 aromatic rings. The molecule has 0 bridgehead atoms. The topological polar surface area (TPSA) is 66.5 Å². The van der Waals surface area contributed by atoms with Crippen molar-refractivity contribution in [3.05, 3.63) is 35.6 Å². The first-order chi connectivity index (χ1) is 7.09. The first kappa shape index (κ1) is 12.1. The third kappa shape index (κ3) is 3.58. The van der Waals surface area contributed by atoms with E-state index in [1.165, 1.54) is 12.1 Å². The molecule has 1 rings (SSSR count). The minimum Gasteiger partial charge on any atom is -0.394 e. The highest BCUT2D eigenvalue weighted by Gasteiger charge is 2.22. The number of benzene rings is 1. The fourth-order valence-corrected chi connectivity index (χ4v) is 1.25. The molecule has 84 valence electrons. The van der Waals surface area contributed by atoms with Crippen LogP contribution in [-0.4, -0.2) is 29.0 Å². The molecule has 0 aliphatic carbocycles. The minimum atomic E-state index is -0.950. The Bertz CT molecular complexity index is 296. The van der Waals surface area contributed by atoms with E-state index in [1.54, 1.807) is 12.1 Å². The maximum absolute atomic E-state index is 12.6. The van der Waals surface area contributed by atoms with Crippen molar-refractivity contribution in [3.8, 4) is 0 Å². The first-order valence-corrected chi connectivity index (χ1v) is 4.85. The van der Waals surface area contributed by atoms with E-state index < -0.39 is 5.54 Å². The van der Waals surface area contributed by atoms with Gasteiger partial charge in [-0.15, -0.1) is 0 Å². The summed E-state index contributed by atoms with van der Waals surface area (Å²) in [5.41, 5.74) is 5.69. The summed E-state index contributed by atoms with van der Waals surface area (Å²) in [6, 6.07) is 6.10. The molecule has 0 heterocycles. The number of aliphatic hydroxyl groups excluding tert-OH is 2. The Kier molecular flexibility index (Phi) is 4.20. The highest BCUT2D eigenvalue weighted by Crippen LogP contribution is 2.12. The molecule has 0 atom stereocenters. The zero-order chi connectivity index (χ0) is 11.3. The Balaban J connectivity index is 2.53. The number of hydrogen-bond donors (Lipinski definition) is 3. The fourth-order valence-electron chi connectivity index (χ4n) is 1.25. The van der Waals surface area contributed by atoms with Gasteiger partial charge in [-0.2, -0.15) is 0 Å². The van der Waals surface area contributed by atoms with Crippen molar-refractivity contribution in [2.75, 3.05) is 13.2 Å². The summed E-state index contributed by atoms with van der Waals surface area (Å²) in [5, 5.41) is 17.9. The van der Waals surface area contributed by atoms with Crippen molar-refractivity contribution in [2.45, 2.75) is 18.4 Å². The quantitative estimate of drug-likeness (QED) is 0.665. The zero-order valence-electron chi connectivity index (χ0n) is 8.49. The molecule has 1 aromatic carbocycles. The van der Waals surface area contributed by atoms with Gasteiger partial charge in [-0.05, 0) is 30.5 Å². The standard InChI is InChI=1S/C11H16FNO2/c12-10-3-1-9(2-4-10)5-6-11(13,7-14)8-15/h1-4,14-15H,5-8,13H2. The number of hydrogen-bond acceptors (Lipinski definition) is 3. The molecule has 4 heteroatoms. The predicted molar refractivity (Wildman–Crippen MR) is 55.8 cm³/mol. The van der Waals surface area contributed by atoms with E-state index in [2.05, 4.69) is 0 Å². The van der Waals surface area contributed by atoms with E-state index in [0.29, 0.717) is 12.8 Å². The molecule has 15 heavy (non-hydrogen) atoms. The lowest BCUT2D eigenvalue weighted by Crippen LogP contribution is -2.47. The normalized spacial score (nSPS) is 11.7. The minimum absolute atomic E-state index is 0.259. The summed E-state index contributed by atoms with van der Waals surface area (Å²) in [4.78, 5) is 0. The fraction of sp³-hybridized carbons (Fsp3) is 0.455. The van der Waals surface area contributed by atoms with Crippen molar-refractivity contribution in [2.24, 2.45) is 5.73 Å². The van der Waals surface area contributed by atoms with Crippen LogP contribution in [0.25, 0.3) is 0 Å². The third-order valence-corrected chi connectivity index (χ3v) is 2.45. The average molecular weight is 213 g/mol. The lowest BCUT2D eigenvalue weighted by atomic mass is 9.94. The summed E-state index contributed by atoms with van der Waals surface area (Å²) in [5.74, 6) is -0.276. The van der Waals surface area contributed by atoms with Gasteiger partial charge in [0.1, 0.15) is 5.82 Å². The average Bonchev–Trinajstić information content (AvgIpc) is 2.28. The number of rotatable bonds is 5. The summed E-state index contributed by atoms with van der Waals surface area (Å²) < 4.78 is 12.6. The van der Waals surface area contributed by atoms with E-state index in [0.717, 1.165) is 5.56 Å². The van der Waals surface area contributed by atoms with Crippen molar-refractivity contribution < 1.29 is 14.6 Å². The van der Waals surface area contributed by atoms with Gasteiger partial charge in [0, 0.05) is 0 Å². The van der Waals surface area contributed by atoms with Crippen LogP contribution in [0.15, 0.2) is 24.3 Å². The van der Waals surface area contributed by atoms with Crippen LogP contribution >= 0.6 is 0 Å². The molecule has 0 unspecified atom stereocenters. The molecule has 0 amide bonds. The van der Waals surface area contributed by atoms with Crippen LogP contribution in [0.2, 0.25) is 0 Å². The highest BCUT2D eigenvalue weighted by atomic mass is 19.1. The smallest absolute Gasteiger partial charge is 0.123 e. The third-order valence-electron chi connectivity index (χ3n) is 2.45. The lowest BCUT2D eigenvalue weighted by molar-refractivity contribution is 0.115. The summed E-state index contributed by atoms with van der Waals surface area (Å²) in [7, 11) is 0. The van der Waals surface area contributed by atoms with E-state index in [-0.39, 0.29) is 19.0 Å². The maximum Gasteiger partial charge on any atom is 0.123 e. The van der Waals surface area contributed by atoms with Crippen LogP contribution in [-0.2, 0) is 6.42 Å². The second-order valence-corrected chi connectivity index (χ2v) is 3.81. The predicted octanol–water partition coefficient (Wildman–Crippen LogP) is 0.440. The highest BCUT2D eigenvalue weighted by molar-refractivity contribution is 5.16. The number of aryl methyl sites for hydroxylation is 1. The molecule has 0 saturated carbocycles. The van der Waals surface area contributed by atoms with Gasteiger partial charge < -0.3 is 15.9 Å². The van der Waals surface area contributed by atoms with Crippen LogP contribution in [0.1, 0.15) is 12.0 Å². The molecule has 0 spiro atoms. The molecule has 4 N–H and O–H groups in total. The SMILES string of the molecule is NC(CO)(CO)CCc1ccc(F)cc1. The van der Waals surface area contributed by atoms with Gasteiger partial charge in [0.05, 0.1) is 18.8 Å². The maximum atomic E-state index is 12.6. The lowest BCUT2D eigenvalue weighted by Gasteiger charge is -2.24. The van der Waals surface area contributed by atoms with E-state index >= 15 is 0 Å². The van der Waals surface area contributed by atoms with Crippen molar-refractivity contribution in [1.82, 2.24) is 0 Å². The largest absolute Gasteiger partial charge is 0.394 e. The Morgan fingerprint density at radius 1 is 1.13 bits per heavy atom. The van der Waals surface area contributed by atoms with E-state index in [1.807, 2.05) is 0 Å². The molecule has 0 aliphatic rings. The monoisotopic (exact) mass is 213 g/mol. The second-order valence-electron chi connectivity index (χ2n) is 3.81. The van der Waals surface area contributed by atoms with Crippen molar-refractivity contribution >= 4 is 0 Å². The van der Waals surface area contributed by atoms with Gasteiger partial charge >= 0.3 is 0 Å². The van der Waals surface area contributed by atoms with Gasteiger partial charge in [-0.25, -0.2) is 4.39 Å². The zero-order valence-corrected chi connectivity index (χ0v) is 8.49. The Morgan fingerprint density at radius 2 is 1.67 bits per heavy atom. The number of halogens is 1. The van der Waals surface area contributed by atoms with Crippen LogP contribution < -0.4 is 5.73 Å². The first-order valence-electron chi connectivity index (χ1n) is 4.85. The molecule has 0 radical (unpaired) electrons. The number of nitrogens with two attached hydrogens (primary N) is 1. The van der Waals surface area contributed by atoms with Crippen molar-refractivity contribution in [3.63, 3.8) is 0 Å². The van der Waals surface area contributed by atoms with Gasteiger partial charge in [-0.1, -0.05) is 12.1 Å². The molecule has 0 aliphatic heterocycles. The van der Waals surface area contributed by atoms with Gasteiger partial charge in [0.2, 0.25) is 0 Å². The van der Waals surface area contributed by atoms with Crippen LogP contribution in [0.5, 0.6) is 0 Å². The molecule has 0 fully saturated rings. The van der Waals surface area contributed by atoms with Gasteiger partial charge in [0.25, 0.3) is 0 Å². The van der Waals surface area contributed by atoms with Gasteiger partial charge in [0.15, 0.2) is 0 Å². The van der Waals surface area contributed by atoms with E-state index in [4.69, 9.17) is 15.9 Å². The molecular weight excluding hydrogens is 197 g/mol. The Labute approximate surface area is 88.4 Å². The van der Waals surface area contributed by atoms with Crippen molar-refractivity contribution in [1.29, 1.82) is 0 Å². The summed E-state index contributed by atoms with van der Waals surface area (Å²) in [6.07, 6.45) is 1.07.